The predicted octanol–water partition coefficient (Wildman–Crippen LogP) is 13.6. The fourth-order valence-corrected chi connectivity index (χ4v) is 8.87. The second kappa shape index (κ2) is 12.3. The first-order valence-corrected chi connectivity index (χ1v) is 18.8. The van der Waals surface area contributed by atoms with Crippen molar-refractivity contribution in [1.29, 1.82) is 0 Å². The third-order valence-corrected chi connectivity index (χ3v) is 11.5. The molecule has 0 unspecified atom stereocenters. The molecule has 0 saturated carbocycles. The van der Waals surface area contributed by atoms with Gasteiger partial charge >= 0.3 is 0 Å². The summed E-state index contributed by atoms with van der Waals surface area (Å²) in [6, 6.07) is 61.6. The number of hydrogen-bond donors (Lipinski definition) is 0. The number of benzene rings is 8. The highest BCUT2D eigenvalue weighted by Crippen LogP contribution is 2.42. The van der Waals surface area contributed by atoms with Crippen LogP contribution in [0, 0.1) is 0 Å². The van der Waals surface area contributed by atoms with Crippen LogP contribution < -0.4 is 0 Å². The summed E-state index contributed by atoms with van der Waals surface area (Å²) in [4.78, 5) is 15.8. The lowest BCUT2D eigenvalue weighted by Crippen LogP contribution is -2.00. The molecule has 4 nitrogen and oxygen atoms in total. The van der Waals surface area contributed by atoms with Crippen LogP contribution in [0.25, 0.3) is 109 Å². The van der Waals surface area contributed by atoms with E-state index in [4.69, 9.17) is 19.4 Å². The third-order valence-electron chi connectivity index (χ3n) is 10.3. The van der Waals surface area contributed by atoms with Crippen molar-refractivity contribution in [2.75, 3.05) is 0 Å². The molecule has 0 aliphatic rings. The van der Waals surface area contributed by atoms with E-state index in [-0.39, 0.29) is 0 Å². The van der Waals surface area contributed by atoms with Crippen molar-refractivity contribution in [3.05, 3.63) is 176 Å². The second-order valence-electron chi connectivity index (χ2n) is 13.6. The van der Waals surface area contributed by atoms with Crippen molar-refractivity contribution >= 4 is 64.2 Å². The first kappa shape index (κ1) is 30.7. The zero-order valence-corrected chi connectivity index (χ0v) is 29.7. The molecule has 0 amide bonds. The molecule has 252 valence electrons. The van der Waals surface area contributed by atoms with Crippen LogP contribution in [-0.2, 0) is 0 Å². The number of thiophene rings is 1. The van der Waals surface area contributed by atoms with Crippen molar-refractivity contribution in [2.24, 2.45) is 0 Å². The fourth-order valence-electron chi connectivity index (χ4n) is 7.74. The number of aromatic nitrogens is 3. The Morgan fingerprint density at radius 3 is 1.85 bits per heavy atom. The molecular weight excluding hydrogens is 679 g/mol. The maximum absolute atomic E-state index is 6.50. The number of nitrogens with zero attached hydrogens (tertiary/aromatic N) is 3. The lowest BCUT2D eigenvalue weighted by molar-refractivity contribution is 0.669. The molecule has 11 aromatic rings. The Labute approximate surface area is 314 Å². The summed E-state index contributed by atoms with van der Waals surface area (Å²) in [5, 5.41) is 6.67. The summed E-state index contributed by atoms with van der Waals surface area (Å²) in [5.74, 6) is 1.87. The van der Waals surface area contributed by atoms with Crippen LogP contribution in [0.5, 0.6) is 0 Å². The largest absolute Gasteiger partial charge is 0.456 e. The van der Waals surface area contributed by atoms with Crippen LogP contribution in [-0.4, -0.2) is 15.0 Å². The minimum Gasteiger partial charge on any atom is -0.456 e. The van der Waals surface area contributed by atoms with Gasteiger partial charge in [0.25, 0.3) is 0 Å². The maximum Gasteiger partial charge on any atom is 0.164 e. The van der Waals surface area contributed by atoms with Gasteiger partial charge in [-0.3, -0.25) is 0 Å². The molecule has 0 radical (unpaired) electrons. The van der Waals surface area contributed by atoms with Gasteiger partial charge in [-0.05, 0) is 75.5 Å². The molecule has 0 N–H and O–H groups in total. The molecule has 0 aliphatic heterocycles. The fraction of sp³-hybridized carbons (Fsp3) is 0. The number of hydrogen-bond acceptors (Lipinski definition) is 5. The summed E-state index contributed by atoms with van der Waals surface area (Å²) in [7, 11) is 0. The Morgan fingerprint density at radius 2 is 0.981 bits per heavy atom. The second-order valence-corrected chi connectivity index (χ2v) is 14.7. The van der Waals surface area contributed by atoms with Gasteiger partial charge in [0.1, 0.15) is 11.2 Å². The molecule has 3 aromatic heterocycles. The molecule has 0 atom stereocenters. The minimum atomic E-state index is 0.601. The Hall–Kier alpha value is -6.95. The molecule has 0 saturated heterocycles. The van der Waals surface area contributed by atoms with E-state index in [1.54, 1.807) is 11.3 Å². The highest BCUT2D eigenvalue weighted by molar-refractivity contribution is 7.25. The highest BCUT2D eigenvalue weighted by Gasteiger charge is 2.20. The van der Waals surface area contributed by atoms with Gasteiger partial charge < -0.3 is 4.42 Å². The molecule has 54 heavy (non-hydrogen) atoms. The highest BCUT2D eigenvalue weighted by atomic mass is 32.1. The molecule has 3 heterocycles. The van der Waals surface area contributed by atoms with Crippen LogP contribution in [0.4, 0.5) is 0 Å². The molecule has 8 aromatic carbocycles. The molecule has 0 spiro atoms. The third kappa shape index (κ3) is 5.09. The number of fused-ring (bicyclic) bond motifs is 7. The van der Waals surface area contributed by atoms with Crippen molar-refractivity contribution < 1.29 is 4.42 Å². The summed E-state index contributed by atoms with van der Waals surface area (Å²) < 4.78 is 8.95. The first-order valence-electron chi connectivity index (χ1n) is 18.0. The maximum atomic E-state index is 6.50. The van der Waals surface area contributed by atoms with Crippen molar-refractivity contribution in [3.63, 3.8) is 0 Å². The minimum absolute atomic E-state index is 0.601. The van der Waals surface area contributed by atoms with Crippen molar-refractivity contribution in [1.82, 2.24) is 15.0 Å². The van der Waals surface area contributed by atoms with Crippen LogP contribution in [0.2, 0.25) is 0 Å². The van der Waals surface area contributed by atoms with E-state index in [0.29, 0.717) is 17.5 Å². The van der Waals surface area contributed by atoms with E-state index < -0.39 is 0 Å². The zero-order chi connectivity index (χ0) is 35.6. The lowest BCUT2D eigenvalue weighted by Gasteiger charge is -2.11. The molecule has 0 bridgehead atoms. The van der Waals surface area contributed by atoms with Gasteiger partial charge in [0.15, 0.2) is 17.5 Å². The summed E-state index contributed by atoms with van der Waals surface area (Å²) in [6.45, 7) is 0. The molecule has 11 rings (SSSR count). The lowest BCUT2D eigenvalue weighted by atomic mass is 9.97. The first-order chi connectivity index (χ1) is 26.7. The Kier molecular flexibility index (Phi) is 7.00. The van der Waals surface area contributed by atoms with Crippen LogP contribution >= 0.6 is 11.3 Å². The van der Waals surface area contributed by atoms with Crippen LogP contribution in [0.1, 0.15) is 0 Å². The van der Waals surface area contributed by atoms with E-state index >= 15 is 0 Å². The van der Waals surface area contributed by atoms with E-state index in [2.05, 4.69) is 158 Å². The molecule has 0 aliphatic carbocycles. The Balaban J connectivity index is 1.14. The Morgan fingerprint density at radius 1 is 0.352 bits per heavy atom. The molecule has 0 fully saturated rings. The Bertz CT molecular complexity index is 3230. The number of furan rings is 1. The summed E-state index contributed by atoms with van der Waals surface area (Å²) >= 11 is 1.79. The topological polar surface area (TPSA) is 51.8 Å². The van der Waals surface area contributed by atoms with E-state index in [1.807, 2.05) is 18.2 Å². The van der Waals surface area contributed by atoms with Crippen molar-refractivity contribution in [3.8, 4) is 56.4 Å². The monoisotopic (exact) mass is 707 g/mol. The van der Waals surface area contributed by atoms with Crippen molar-refractivity contribution in [2.45, 2.75) is 0 Å². The standard InChI is InChI=1S/C49H29N3OS/c1-2-11-30(12-3-1)33-15-8-16-34(27-33)35-25-26-41-40(29-35)45-38(18-9-20-42(45)53-41)48-50-47(36-24-23-31-13-4-5-14-32(31)28-36)51-49(52-48)39-19-10-22-44-46(39)37-17-6-7-21-43(37)54-44/h1-29H. The average molecular weight is 708 g/mol. The quantitative estimate of drug-likeness (QED) is 0.179. The van der Waals surface area contributed by atoms with Gasteiger partial charge in [-0.25, -0.2) is 15.0 Å². The normalized spacial score (nSPS) is 11.7. The van der Waals surface area contributed by atoms with E-state index in [9.17, 15) is 0 Å². The van der Waals surface area contributed by atoms with Gasteiger partial charge in [-0.1, -0.05) is 133 Å². The van der Waals surface area contributed by atoms with Gasteiger partial charge in [-0.2, -0.15) is 0 Å². The summed E-state index contributed by atoms with van der Waals surface area (Å²) in [5.41, 5.74) is 9.05. The van der Waals surface area contributed by atoms with E-state index in [0.717, 1.165) is 60.5 Å². The van der Waals surface area contributed by atoms with Gasteiger partial charge in [-0.15, -0.1) is 11.3 Å². The van der Waals surface area contributed by atoms with Crippen LogP contribution in [0.15, 0.2) is 180 Å². The summed E-state index contributed by atoms with van der Waals surface area (Å²) in [6.07, 6.45) is 0. The van der Waals surface area contributed by atoms with Gasteiger partial charge in [0, 0.05) is 47.6 Å². The predicted molar refractivity (Wildman–Crippen MR) is 225 cm³/mol. The smallest absolute Gasteiger partial charge is 0.164 e. The van der Waals surface area contributed by atoms with Crippen LogP contribution in [0.3, 0.4) is 0 Å². The molecular formula is C49H29N3OS. The number of rotatable bonds is 5. The average Bonchev–Trinajstić information content (AvgIpc) is 3.82. The van der Waals surface area contributed by atoms with Gasteiger partial charge in [0.05, 0.1) is 0 Å². The van der Waals surface area contributed by atoms with E-state index in [1.165, 1.54) is 31.3 Å². The SMILES string of the molecule is c1ccc(-c2cccc(-c3ccc4oc5cccc(-c6nc(-c7ccc8ccccc8c7)nc(-c7cccc8sc9ccccc9c78)n6)c5c4c3)c2)cc1. The van der Waals surface area contributed by atoms with Gasteiger partial charge in [0.2, 0.25) is 0 Å². The zero-order valence-electron chi connectivity index (χ0n) is 28.9. The molecule has 5 heteroatoms.